The number of carbonyl (C=O) groups excluding carboxylic acids is 1. The lowest BCUT2D eigenvalue weighted by Gasteiger charge is -2.29. The molecule has 0 aliphatic carbocycles. The van der Waals surface area contributed by atoms with Crippen LogP contribution in [0.2, 0.25) is 0 Å². The summed E-state index contributed by atoms with van der Waals surface area (Å²) in [6.07, 6.45) is 0. The van der Waals surface area contributed by atoms with Gasteiger partial charge in [-0.05, 0) is 13.8 Å². The molecule has 1 N–H and O–H groups in total. The van der Waals surface area contributed by atoms with E-state index in [0.29, 0.717) is 6.04 Å². The van der Waals surface area contributed by atoms with E-state index >= 15 is 0 Å². The molecule has 0 bridgehead atoms. The van der Waals surface area contributed by atoms with Crippen molar-refractivity contribution in [1.82, 2.24) is 20.0 Å². The smallest absolute Gasteiger partial charge is 0.320 e. The summed E-state index contributed by atoms with van der Waals surface area (Å²) < 4.78 is 0. The highest BCUT2D eigenvalue weighted by Gasteiger charge is 2.29. The number of amides is 2. The van der Waals surface area contributed by atoms with Crippen molar-refractivity contribution in [2.24, 2.45) is 0 Å². The molecule has 2 fully saturated rings. The zero-order valence-electron chi connectivity index (χ0n) is 11.0. The molecule has 5 nitrogen and oxygen atoms in total. The fraction of sp³-hybridized carbons (Fsp3) is 0.917. The van der Waals surface area contributed by atoms with Crippen LogP contribution < -0.4 is 5.32 Å². The maximum atomic E-state index is 12.0. The summed E-state index contributed by atoms with van der Waals surface area (Å²) in [5.74, 6) is 0. The van der Waals surface area contributed by atoms with Crippen LogP contribution >= 0.6 is 0 Å². The molecule has 0 radical (unpaired) electrons. The van der Waals surface area contributed by atoms with E-state index in [1.165, 1.54) is 0 Å². The number of nitrogens with one attached hydrogen (secondary N) is 1. The first-order valence-corrected chi connectivity index (χ1v) is 6.67. The van der Waals surface area contributed by atoms with Gasteiger partial charge in [-0.25, -0.2) is 4.79 Å². The quantitative estimate of drug-likeness (QED) is 0.754. The van der Waals surface area contributed by atoms with E-state index in [0.717, 1.165) is 52.4 Å². The van der Waals surface area contributed by atoms with Crippen molar-refractivity contribution in [1.29, 1.82) is 0 Å². The molecule has 0 aromatic carbocycles. The van der Waals surface area contributed by atoms with Gasteiger partial charge in [0.1, 0.15) is 0 Å². The molecular formula is C12H24N4O. The molecule has 0 aromatic heterocycles. The largest absolute Gasteiger partial charge is 0.322 e. The third kappa shape index (κ3) is 3.10. The van der Waals surface area contributed by atoms with E-state index in [2.05, 4.69) is 24.1 Å². The van der Waals surface area contributed by atoms with Crippen LogP contribution in [0.4, 0.5) is 4.79 Å². The van der Waals surface area contributed by atoms with Gasteiger partial charge in [0.15, 0.2) is 0 Å². The second-order valence-electron chi connectivity index (χ2n) is 5.15. The minimum Gasteiger partial charge on any atom is -0.322 e. The fourth-order valence-corrected chi connectivity index (χ4v) is 2.48. The first kappa shape index (κ1) is 12.6. The van der Waals surface area contributed by atoms with Gasteiger partial charge in [-0.15, -0.1) is 0 Å². The van der Waals surface area contributed by atoms with Gasteiger partial charge in [0.2, 0.25) is 0 Å². The number of nitrogens with zero attached hydrogens (tertiary/aromatic N) is 3. The molecule has 0 unspecified atom stereocenters. The summed E-state index contributed by atoms with van der Waals surface area (Å²) >= 11 is 0. The highest BCUT2D eigenvalue weighted by Crippen LogP contribution is 2.11. The Morgan fingerprint density at radius 3 is 2.41 bits per heavy atom. The molecule has 2 rings (SSSR count). The van der Waals surface area contributed by atoms with Gasteiger partial charge in [0, 0.05) is 58.4 Å². The maximum Gasteiger partial charge on any atom is 0.320 e. The second-order valence-corrected chi connectivity index (χ2v) is 5.15. The van der Waals surface area contributed by atoms with Gasteiger partial charge >= 0.3 is 6.03 Å². The molecule has 2 heterocycles. The molecule has 0 spiro atoms. The number of carbonyl (C=O) groups is 1. The van der Waals surface area contributed by atoms with Gasteiger partial charge in [0.05, 0.1) is 0 Å². The van der Waals surface area contributed by atoms with Crippen molar-refractivity contribution in [3.8, 4) is 0 Å². The number of piperazine rings is 1. The van der Waals surface area contributed by atoms with Crippen LogP contribution in [-0.2, 0) is 0 Å². The molecule has 2 saturated heterocycles. The molecule has 98 valence electrons. The Hall–Kier alpha value is -0.810. The lowest BCUT2D eigenvalue weighted by atomic mass is 10.3. The summed E-state index contributed by atoms with van der Waals surface area (Å²) in [4.78, 5) is 18.4. The standard InChI is InChI=1S/C12H24N4O/c1-11(2)16-10-9-15(12(16)17)8-7-14-5-3-13-4-6-14/h11,13H,3-10H2,1-2H3. The minimum atomic E-state index is 0.218. The summed E-state index contributed by atoms with van der Waals surface area (Å²) in [6, 6.07) is 0.543. The van der Waals surface area contributed by atoms with Gasteiger partial charge in [-0.1, -0.05) is 0 Å². The Morgan fingerprint density at radius 2 is 1.82 bits per heavy atom. The summed E-state index contributed by atoms with van der Waals surface area (Å²) in [5.41, 5.74) is 0. The van der Waals surface area contributed by atoms with Crippen LogP contribution in [0.5, 0.6) is 0 Å². The van der Waals surface area contributed by atoms with Crippen LogP contribution in [0.1, 0.15) is 13.8 Å². The zero-order chi connectivity index (χ0) is 12.3. The van der Waals surface area contributed by atoms with Crippen LogP contribution in [-0.4, -0.2) is 79.1 Å². The third-order valence-corrected chi connectivity index (χ3v) is 3.65. The van der Waals surface area contributed by atoms with Crippen molar-refractivity contribution in [2.75, 3.05) is 52.4 Å². The van der Waals surface area contributed by atoms with Gasteiger partial charge in [0.25, 0.3) is 0 Å². The van der Waals surface area contributed by atoms with E-state index in [1.54, 1.807) is 0 Å². The Morgan fingerprint density at radius 1 is 1.12 bits per heavy atom. The minimum absolute atomic E-state index is 0.218. The molecule has 2 aliphatic rings. The first-order chi connectivity index (χ1) is 8.18. The highest BCUT2D eigenvalue weighted by molar-refractivity contribution is 5.76. The van der Waals surface area contributed by atoms with Crippen molar-refractivity contribution in [3.05, 3.63) is 0 Å². The molecule has 17 heavy (non-hydrogen) atoms. The van der Waals surface area contributed by atoms with Crippen molar-refractivity contribution >= 4 is 6.03 Å². The zero-order valence-corrected chi connectivity index (χ0v) is 11.0. The molecule has 0 saturated carbocycles. The summed E-state index contributed by atoms with van der Waals surface area (Å²) in [6.45, 7) is 12.2. The topological polar surface area (TPSA) is 38.8 Å². The SMILES string of the molecule is CC(C)N1CCN(CCN2CCNCC2)C1=O. The van der Waals surface area contributed by atoms with Crippen molar-refractivity contribution in [2.45, 2.75) is 19.9 Å². The van der Waals surface area contributed by atoms with Gasteiger partial charge in [-0.2, -0.15) is 0 Å². The predicted octanol–water partition coefficient (Wildman–Crippen LogP) is 0.0376. The molecule has 5 heteroatoms. The number of rotatable bonds is 4. The second kappa shape index (κ2) is 5.69. The molecule has 0 atom stereocenters. The highest BCUT2D eigenvalue weighted by atomic mass is 16.2. The van der Waals surface area contributed by atoms with E-state index in [9.17, 15) is 4.79 Å². The fourth-order valence-electron chi connectivity index (χ4n) is 2.48. The molecule has 2 amide bonds. The van der Waals surface area contributed by atoms with Gasteiger partial charge < -0.3 is 15.1 Å². The summed E-state index contributed by atoms with van der Waals surface area (Å²) in [5, 5.41) is 3.34. The van der Waals surface area contributed by atoms with Crippen LogP contribution in [0, 0.1) is 0 Å². The Labute approximate surface area is 104 Å². The van der Waals surface area contributed by atoms with Crippen LogP contribution in [0.3, 0.4) is 0 Å². The van der Waals surface area contributed by atoms with E-state index in [1.807, 2.05) is 9.80 Å². The Kier molecular flexibility index (Phi) is 4.23. The lowest BCUT2D eigenvalue weighted by Crippen LogP contribution is -2.47. The Bertz CT molecular complexity index is 263. The Balaban J connectivity index is 1.74. The predicted molar refractivity (Wildman–Crippen MR) is 68.1 cm³/mol. The third-order valence-electron chi connectivity index (χ3n) is 3.65. The molecular weight excluding hydrogens is 216 g/mol. The van der Waals surface area contributed by atoms with Crippen LogP contribution in [0.25, 0.3) is 0 Å². The maximum absolute atomic E-state index is 12.0. The molecule has 2 aliphatic heterocycles. The molecule has 0 aromatic rings. The number of hydrogen-bond acceptors (Lipinski definition) is 3. The lowest BCUT2D eigenvalue weighted by molar-refractivity contribution is 0.171. The van der Waals surface area contributed by atoms with E-state index < -0.39 is 0 Å². The first-order valence-electron chi connectivity index (χ1n) is 6.67. The van der Waals surface area contributed by atoms with Crippen molar-refractivity contribution < 1.29 is 4.79 Å². The summed E-state index contributed by atoms with van der Waals surface area (Å²) in [7, 11) is 0. The normalized spacial score (nSPS) is 22.9. The monoisotopic (exact) mass is 240 g/mol. The average Bonchev–Trinajstić information content (AvgIpc) is 2.69. The van der Waals surface area contributed by atoms with E-state index in [4.69, 9.17) is 0 Å². The number of urea groups is 1. The van der Waals surface area contributed by atoms with Crippen molar-refractivity contribution in [3.63, 3.8) is 0 Å². The average molecular weight is 240 g/mol. The van der Waals surface area contributed by atoms with Crippen LogP contribution in [0.15, 0.2) is 0 Å². The van der Waals surface area contributed by atoms with E-state index in [-0.39, 0.29) is 6.03 Å². The number of hydrogen-bond donors (Lipinski definition) is 1. The van der Waals surface area contributed by atoms with Gasteiger partial charge in [-0.3, -0.25) is 4.90 Å².